The quantitative estimate of drug-likeness (QED) is 0.674. The van der Waals surface area contributed by atoms with Crippen molar-refractivity contribution >= 4 is 0 Å². The molecule has 1 nitrogen and oxygen atoms in total. The summed E-state index contributed by atoms with van der Waals surface area (Å²) >= 11 is 0. The second-order valence-electron chi connectivity index (χ2n) is 5.07. The van der Waals surface area contributed by atoms with Crippen LogP contribution in [0, 0.1) is 5.41 Å². The normalized spacial score (nSPS) is 34.2. The van der Waals surface area contributed by atoms with Crippen LogP contribution in [-0.4, -0.2) is 11.5 Å². The molecule has 2 saturated carbocycles. The van der Waals surface area contributed by atoms with Crippen LogP contribution in [0.5, 0.6) is 0 Å². The average Bonchev–Trinajstić information content (AvgIpc) is 2.77. The number of alkyl halides is 2. The highest BCUT2D eigenvalue weighted by molar-refractivity contribution is 5.10. The molecule has 13 heavy (non-hydrogen) atoms. The molecular formula is C10H17F2N. The maximum atomic E-state index is 12.9. The molecule has 0 heterocycles. The molecule has 0 aromatic carbocycles. The number of hydrogen-bond acceptors (Lipinski definition) is 1. The molecule has 0 amide bonds. The maximum Gasteiger partial charge on any atom is 0.248 e. The SMILES string of the molecule is CC1(C2(N)CCC(F)(F)CC2)CC1. The van der Waals surface area contributed by atoms with Crippen molar-refractivity contribution in [3.05, 3.63) is 0 Å². The highest BCUT2D eigenvalue weighted by Gasteiger charge is 2.56. The minimum absolute atomic E-state index is 0.0148. The standard InChI is InChI=1S/C10H17F2N/c1-8(2-3-8)9(13)4-6-10(11,12)7-5-9/h2-7,13H2,1H3. The molecule has 2 rings (SSSR count). The van der Waals surface area contributed by atoms with Crippen molar-refractivity contribution in [2.45, 2.75) is 56.9 Å². The molecule has 0 atom stereocenters. The van der Waals surface area contributed by atoms with Crippen LogP contribution in [-0.2, 0) is 0 Å². The molecule has 0 aliphatic heterocycles. The third-order valence-corrected chi connectivity index (χ3v) is 4.08. The number of rotatable bonds is 1. The molecule has 0 radical (unpaired) electrons. The Morgan fingerprint density at radius 2 is 1.38 bits per heavy atom. The van der Waals surface area contributed by atoms with Gasteiger partial charge in [0.1, 0.15) is 0 Å². The summed E-state index contributed by atoms with van der Waals surface area (Å²) in [7, 11) is 0. The van der Waals surface area contributed by atoms with Gasteiger partial charge in [0.15, 0.2) is 0 Å². The first-order valence-corrected chi connectivity index (χ1v) is 5.04. The van der Waals surface area contributed by atoms with Crippen molar-refractivity contribution < 1.29 is 8.78 Å². The zero-order chi connectivity index (χ0) is 9.74. The largest absolute Gasteiger partial charge is 0.325 e. The van der Waals surface area contributed by atoms with E-state index in [1.165, 1.54) is 0 Å². The molecule has 2 aliphatic rings. The van der Waals surface area contributed by atoms with Crippen LogP contribution in [0.3, 0.4) is 0 Å². The Labute approximate surface area is 77.7 Å². The van der Waals surface area contributed by atoms with E-state index in [-0.39, 0.29) is 23.8 Å². The first kappa shape index (κ1) is 9.38. The molecule has 2 fully saturated rings. The highest BCUT2D eigenvalue weighted by atomic mass is 19.3. The van der Waals surface area contributed by atoms with Gasteiger partial charge < -0.3 is 5.73 Å². The zero-order valence-electron chi connectivity index (χ0n) is 8.08. The van der Waals surface area contributed by atoms with E-state index in [0.717, 1.165) is 12.8 Å². The molecule has 2 aliphatic carbocycles. The maximum absolute atomic E-state index is 12.9. The Balaban J connectivity index is 2.04. The Bertz CT molecular complexity index is 211. The van der Waals surface area contributed by atoms with Gasteiger partial charge in [-0.1, -0.05) is 6.92 Å². The van der Waals surface area contributed by atoms with Gasteiger partial charge in [-0.3, -0.25) is 0 Å². The highest BCUT2D eigenvalue weighted by Crippen LogP contribution is 2.58. The van der Waals surface area contributed by atoms with E-state index in [2.05, 4.69) is 6.92 Å². The number of nitrogens with two attached hydrogens (primary N) is 1. The first-order chi connectivity index (χ1) is 5.87. The molecule has 0 bridgehead atoms. The van der Waals surface area contributed by atoms with Crippen molar-refractivity contribution in [1.82, 2.24) is 0 Å². The second-order valence-corrected chi connectivity index (χ2v) is 5.07. The molecule has 76 valence electrons. The minimum atomic E-state index is -2.45. The third kappa shape index (κ3) is 1.47. The van der Waals surface area contributed by atoms with Gasteiger partial charge in [0.25, 0.3) is 0 Å². The fourth-order valence-corrected chi connectivity index (χ4v) is 2.35. The monoisotopic (exact) mass is 189 g/mol. The summed E-state index contributed by atoms with van der Waals surface area (Å²) < 4.78 is 25.8. The number of hydrogen-bond donors (Lipinski definition) is 1. The summed E-state index contributed by atoms with van der Waals surface area (Å²) in [6, 6.07) is 0. The van der Waals surface area contributed by atoms with Gasteiger partial charge in [-0.25, -0.2) is 8.78 Å². The minimum Gasteiger partial charge on any atom is -0.325 e. The lowest BCUT2D eigenvalue weighted by Crippen LogP contribution is -2.52. The van der Waals surface area contributed by atoms with Gasteiger partial charge >= 0.3 is 0 Å². The van der Waals surface area contributed by atoms with E-state index in [9.17, 15) is 8.78 Å². The lowest BCUT2D eigenvalue weighted by atomic mass is 9.71. The van der Waals surface area contributed by atoms with Crippen molar-refractivity contribution in [3.63, 3.8) is 0 Å². The number of halogens is 2. The summed E-state index contributed by atoms with van der Waals surface area (Å²) in [6.07, 6.45) is 3.20. The lowest BCUT2D eigenvalue weighted by molar-refractivity contribution is -0.0598. The van der Waals surface area contributed by atoms with E-state index < -0.39 is 5.92 Å². The summed E-state index contributed by atoms with van der Waals surface area (Å²) in [5, 5.41) is 0. The fourth-order valence-electron chi connectivity index (χ4n) is 2.35. The van der Waals surface area contributed by atoms with Crippen molar-refractivity contribution in [3.8, 4) is 0 Å². The summed E-state index contributed by atoms with van der Waals surface area (Å²) in [5.74, 6) is -2.45. The molecular weight excluding hydrogens is 172 g/mol. The van der Waals surface area contributed by atoms with E-state index >= 15 is 0 Å². The fraction of sp³-hybridized carbons (Fsp3) is 1.00. The Morgan fingerprint density at radius 1 is 0.923 bits per heavy atom. The van der Waals surface area contributed by atoms with Crippen LogP contribution in [0.25, 0.3) is 0 Å². The summed E-state index contributed by atoms with van der Waals surface area (Å²) in [6.45, 7) is 2.14. The lowest BCUT2D eigenvalue weighted by Gasteiger charge is -2.42. The van der Waals surface area contributed by atoms with Crippen molar-refractivity contribution in [2.75, 3.05) is 0 Å². The van der Waals surface area contributed by atoms with E-state index in [1.54, 1.807) is 0 Å². The van der Waals surface area contributed by atoms with Crippen molar-refractivity contribution in [1.29, 1.82) is 0 Å². The molecule has 2 N–H and O–H groups in total. The zero-order valence-corrected chi connectivity index (χ0v) is 8.08. The third-order valence-electron chi connectivity index (χ3n) is 4.08. The van der Waals surface area contributed by atoms with Crippen LogP contribution in [0.4, 0.5) is 8.78 Å². The van der Waals surface area contributed by atoms with Crippen LogP contribution in [0.2, 0.25) is 0 Å². The molecule has 0 saturated heterocycles. The van der Waals surface area contributed by atoms with Gasteiger partial charge in [-0.2, -0.15) is 0 Å². The smallest absolute Gasteiger partial charge is 0.248 e. The van der Waals surface area contributed by atoms with Crippen LogP contribution in [0.15, 0.2) is 0 Å². The van der Waals surface area contributed by atoms with Gasteiger partial charge in [0.05, 0.1) is 0 Å². The topological polar surface area (TPSA) is 26.0 Å². The van der Waals surface area contributed by atoms with Crippen molar-refractivity contribution in [2.24, 2.45) is 11.1 Å². The molecule has 3 heteroatoms. The molecule has 0 aromatic rings. The summed E-state index contributed by atoms with van der Waals surface area (Å²) in [5.41, 5.74) is 6.06. The second kappa shape index (κ2) is 2.44. The van der Waals surface area contributed by atoms with Crippen LogP contribution < -0.4 is 5.73 Å². The van der Waals surface area contributed by atoms with Gasteiger partial charge in [0, 0.05) is 18.4 Å². The van der Waals surface area contributed by atoms with Gasteiger partial charge in [0.2, 0.25) is 5.92 Å². The Hall–Kier alpha value is -0.180. The summed E-state index contributed by atoms with van der Waals surface area (Å²) in [4.78, 5) is 0. The van der Waals surface area contributed by atoms with Gasteiger partial charge in [-0.15, -0.1) is 0 Å². The molecule has 0 spiro atoms. The first-order valence-electron chi connectivity index (χ1n) is 5.04. The predicted octanol–water partition coefficient (Wildman–Crippen LogP) is 2.69. The molecule has 0 unspecified atom stereocenters. The van der Waals surface area contributed by atoms with Crippen LogP contribution >= 0.6 is 0 Å². The van der Waals surface area contributed by atoms with E-state index in [1.807, 2.05) is 0 Å². The van der Waals surface area contributed by atoms with Gasteiger partial charge in [-0.05, 0) is 31.1 Å². The Morgan fingerprint density at radius 3 is 1.77 bits per heavy atom. The van der Waals surface area contributed by atoms with E-state index in [0.29, 0.717) is 12.8 Å². The predicted molar refractivity (Wildman–Crippen MR) is 47.7 cm³/mol. The van der Waals surface area contributed by atoms with Crippen LogP contribution in [0.1, 0.15) is 45.4 Å². The Kier molecular flexibility index (Phi) is 1.76. The molecule has 0 aromatic heterocycles. The van der Waals surface area contributed by atoms with E-state index in [4.69, 9.17) is 5.73 Å². The average molecular weight is 189 g/mol.